The molecule has 0 saturated carbocycles. The number of rotatable bonds is 4. The van der Waals surface area contributed by atoms with E-state index in [4.69, 9.17) is 10.5 Å². The predicted molar refractivity (Wildman–Crippen MR) is 47.0 cm³/mol. The largest absolute Gasteiger partial charge is 0.386 e. The van der Waals surface area contributed by atoms with Crippen LogP contribution in [0.1, 0.15) is 13.3 Å². The van der Waals surface area contributed by atoms with Crippen LogP contribution in [-0.2, 0) is 9.53 Å². The lowest BCUT2D eigenvalue weighted by Gasteiger charge is -2.25. The van der Waals surface area contributed by atoms with Gasteiger partial charge in [0.2, 0.25) is 5.91 Å². The minimum atomic E-state index is -0.852. The summed E-state index contributed by atoms with van der Waals surface area (Å²) in [4.78, 5) is 10.4. The van der Waals surface area contributed by atoms with Gasteiger partial charge in [-0.05, 0) is 6.92 Å². The fourth-order valence-corrected chi connectivity index (χ4v) is 1.41. The maximum atomic E-state index is 10.4. The normalized spacial score (nSPS) is 33.5. The van der Waals surface area contributed by atoms with Crippen LogP contribution in [-0.4, -0.2) is 42.4 Å². The third-order valence-electron chi connectivity index (χ3n) is 2.39. The van der Waals surface area contributed by atoms with Crippen LogP contribution in [0.2, 0.25) is 0 Å². The Morgan fingerprint density at radius 1 is 1.85 bits per heavy atom. The Kier molecular flexibility index (Phi) is 3.24. The number of nitrogens with two attached hydrogens (primary N) is 1. The summed E-state index contributed by atoms with van der Waals surface area (Å²) in [6.45, 7) is 2.82. The van der Waals surface area contributed by atoms with E-state index < -0.39 is 11.5 Å². The molecule has 0 aromatic rings. The number of hydrogen-bond donors (Lipinski definition) is 3. The van der Waals surface area contributed by atoms with E-state index in [1.807, 2.05) is 6.92 Å². The van der Waals surface area contributed by atoms with E-state index in [0.29, 0.717) is 19.6 Å². The van der Waals surface area contributed by atoms with Crippen molar-refractivity contribution in [3.8, 4) is 0 Å². The van der Waals surface area contributed by atoms with Gasteiger partial charge in [0.05, 0.1) is 12.6 Å². The van der Waals surface area contributed by atoms with Crippen LogP contribution in [0.4, 0.5) is 0 Å². The summed E-state index contributed by atoms with van der Waals surface area (Å²) in [5.74, 6) is -0.421. The highest BCUT2D eigenvalue weighted by Crippen LogP contribution is 2.24. The van der Waals surface area contributed by atoms with Gasteiger partial charge in [-0.15, -0.1) is 0 Å². The Labute approximate surface area is 77.2 Å². The Morgan fingerprint density at radius 3 is 3.00 bits per heavy atom. The molecule has 76 valence electrons. The SMILES string of the molecule is CC1OCCC1(O)CNCC(N)=O. The fourth-order valence-electron chi connectivity index (χ4n) is 1.41. The van der Waals surface area contributed by atoms with Gasteiger partial charge in [0.25, 0.3) is 0 Å². The molecule has 0 aromatic heterocycles. The van der Waals surface area contributed by atoms with Crippen molar-refractivity contribution in [3.05, 3.63) is 0 Å². The van der Waals surface area contributed by atoms with Crippen LogP contribution in [0.15, 0.2) is 0 Å². The lowest BCUT2D eigenvalue weighted by Crippen LogP contribution is -2.47. The Morgan fingerprint density at radius 2 is 2.54 bits per heavy atom. The van der Waals surface area contributed by atoms with Gasteiger partial charge in [0.1, 0.15) is 5.60 Å². The van der Waals surface area contributed by atoms with Crippen molar-refractivity contribution in [1.82, 2.24) is 5.32 Å². The molecule has 1 saturated heterocycles. The van der Waals surface area contributed by atoms with Crippen LogP contribution in [0.3, 0.4) is 0 Å². The van der Waals surface area contributed by atoms with E-state index in [9.17, 15) is 9.90 Å². The van der Waals surface area contributed by atoms with Crippen LogP contribution < -0.4 is 11.1 Å². The molecule has 0 bridgehead atoms. The van der Waals surface area contributed by atoms with Gasteiger partial charge in [-0.1, -0.05) is 0 Å². The first-order chi connectivity index (χ1) is 6.04. The lowest BCUT2D eigenvalue weighted by atomic mass is 9.97. The van der Waals surface area contributed by atoms with Gasteiger partial charge in [0, 0.05) is 19.6 Å². The zero-order valence-corrected chi connectivity index (χ0v) is 7.75. The summed E-state index contributed by atoms with van der Waals surface area (Å²) in [5.41, 5.74) is 4.09. The molecule has 1 aliphatic heterocycles. The van der Waals surface area contributed by atoms with Crippen LogP contribution >= 0.6 is 0 Å². The molecule has 1 rings (SSSR count). The van der Waals surface area contributed by atoms with Crippen molar-refractivity contribution < 1.29 is 14.6 Å². The highest BCUT2D eigenvalue weighted by molar-refractivity contribution is 5.75. The summed E-state index contributed by atoms with van der Waals surface area (Å²) >= 11 is 0. The molecule has 0 aromatic carbocycles. The molecular formula is C8H16N2O3. The second-order valence-electron chi connectivity index (χ2n) is 3.44. The van der Waals surface area contributed by atoms with Crippen LogP contribution in [0.25, 0.3) is 0 Å². The first-order valence-electron chi connectivity index (χ1n) is 4.37. The second-order valence-corrected chi connectivity index (χ2v) is 3.44. The Hall–Kier alpha value is -0.650. The zero-order chi connectivity index (χ0) is 9.90. The minimum absolute atomic E-state index is 0.0923. The molecule has 1 heterocycles. The number of amides is 1. The van der Waals surface area contributed by atoms with Gasteiger partial charge in [-0.3, -0.25) is 4.79 Å². The average molecular weight is 188 g/mol. The molecule has 2 unspecified atom stereocenters. The smallest absolute Gasteiger partial charge is 0.231 e. The first kappa shape index (κ1) is 10.4. The van der Waals surface area contributed by atoms with E-state index in [-0.39, 0.29) is 12.6 Å². The summed E-state index contributed by atoms with van der Waals surface area (Å²) < 4.78 is 5.22. The standard InChI is InChI=1S/C8H16N2O3/c1-6-8(12,2-3-13-6)5-10-4-7(9)11/h6,10,12H,2-5H2,1H3,(H2,9,11). The molecule has 1 fully saturated rings. The number of primary amides is 1. The summed E-state index contributed by atoms with van der Waals surface area (Å²) in [6.07, 6.45) is 0.410. The van der Waals surface area contributed by atoms with Gasteiger partial charge in [-0.25, -0.2) is 0 Å². The van der Waals surface area contributed by atoms with Gasteiger partial charge >= 0.3 is 0 Å². The van der Waals surface area contributed by atoms with Crippen molar-refractivity contribution in [2.24, 2.45) is 5.73 Å². The average Bonchev–Trinajstić information content (AvgIpc) is 2.32. The molecule has 13 heavy (non-hydrogen) atoms. The van der Waals surface area contributed by atoms with Crippen molar-refractivity contribution in [3.63, 3.8) is 0 Å². The Bertz CT molecular complexity index is 198. The highest BCUT2D eigenvalue weighted by atomic mass is 16.5. The Balaban J connectivity index is 2.30. The fraction of sp³-hybridized carbons (Fsp3) is 0.875. The van der Waals surface area contributed by atoms with Gasteiger partial charge in [-0.2, -0.15) is 0 Å². The van der Waals surface area contributed by atoms with Crippen molar-refractivity contribution in [1.29, 1.82) is 0 Å². The topological polar surface area (TPSA) is 84.6 Å². The third-order valence-corrected chi connectivity index (χ3v) is 2.39. The maximum absolute atomic E-state index is 10.4. The number of carbonyl (C=O) groups excluding carboxylic acids is 1. The van der Waals surface area contributed by atoms with Gasteiger partial charge in [0.15, 0.2) is 0 Å². The van der Waals surface area contributed by atoms with Crippen molar-refractivity contribution in [2.45, 2.75) is 25.0 Å². The third kappa shape index (κ3) is 2.65. The summed E-state index contributed by atoms with van der Waals surface area (Å²) in [5, 5.41) is 12.7. The molecule has 0 radical (unpaired) electrons. The monoisotopic (exact) mass is 188 g/mol. The highest BCUT2D eigenvalue weighted by Gasteiger charge is 2.38. The van der Waals surface area contributed by atoms with Crippen LogP contribution in [0, 0.1) is 0 Å². The summed E-state index contributed by atoms with van der Waals surface area (Å²) in [6, 6.07) is 0. The van der Waals surface area contributed by atoms with Crippen LogP contribution in [0.5, 0.6) is 0 Å². The maximum Gasteiger partial charge on any atom is 0.231 e. The lowest BCUT2D eigenvalue weighted by molar-refractivity contribution is -0.117. The number of hydrogen-bond acceptors (Lipinski definition) is 4. The quantitative estimate of drug-likeness (QED) is 0.506. The molecular weight excluding hydrogens is 172 g/mol. The predicted octanol–water partition coefficient (Wildman–Crippen LogP) is -1.40. The van der Waals surface area contributed by atoms with E-state index in [1.54, 1.807) is 0 Å². The number of carbonyl (C=O) groups is 1. The molecule has 0 spiro atoms. The number of ether oxygens (including phenoxy) is 1. The van der Waals surface area contributed by atoms with E-state index in [2.05, 4.69) is 5.32 Å². The van der Waals surface area contributed by atoms with E-state index in [0.717, 1.165) is 0 Å². The molecule has 5 heteroatoms. The molecule has 1 aliphatic rings. The van der Waals surface area contributed by atoms with E-state index in [1.165, 1.54) is 0 Å². The molecule has 0 aliphatic carbocycles. The molecule has 1 amide bonds. The second kappa shape index (κ2) is 4.04. The van der Waals surface area contributed by atoms with E-state index >= 15 is 0 Å². The molecule has 5 nitrogen and oxygen atoms in total. The van der Waals surface area contributed by atoms with Crippen molar-refractivity contribution in [2.75, 3.05) is 19.7 Å². The molecule has 4 N–H and O–H groups in total. The zero-order valence-electron chi connectivity index (χ0n) is 7.75. The number of aliphatic hydroxyl groups is 1. The molecule has 2 atom stereocenters. The van der Waals surface area contributed by atoms with Crippen molar-refractivity contribution >= 4 is 5.91 Å². The summed E-state index contributed by atoms with van der Waals surface area (Å²) in [7, 11) is 0. The number of nitrogens with one attached hydrogen (secondary N) is 1. The van der Waals surface area contributed by atoms with Gasteiger partial charge < -0.3 is 20.9 Å². The minimum Gasteiger partial charge on any atom is -0.386 e. The first-order valence-corrected chi connectivity index (χ1v) is 4.37.